The van der Waals surface area contributed by atoms with E-state index in [1.165, 1.54) is 0 Å². The van der Waals surface area contributed by atoms with Crippen molar-refractivity contribution in [2.24, 2.45) is 0 Å². The highest BCUT2D eigenvalue weighted by molar-refractivity contribution is 6.42. The molecule has 0 bridgehead atoms. The highest BCUT2D eigenvalue weighted by atomic mass is 35.5. The van der Waals surface area contributed by atoms with E-state index in [4.69, 9.17) is 38.2 Å². The van der Waals surface area contributed by atoms with Gasteiger partial charge in [0.25, 0.3) is 0 Å². The van der Waals surface area contributed by atoms with Crippen molar-refractivity contribution in [3.05, 3.63) is 40.5 Å². The maximum absolute atomic E-state index is 8.56. The smallest absolute Gasteiger partial charge is 0.450 e. The van der Waals surface area contributed by atoms with Crippen molar-refractivity contribution in [3.63, 3.8) is 0 Å². The second-order valence-corrected chi connectivity index (χ2v) is 3.60. The third-order valence-corrected chi connectivity index (χ3v) is 2.45. The second kappa shape index (κ2) is 6.12. The van der Waals surface area contributed by atoms with Gasteiger partial charge >= 0.3 is 6.16 Å². The lowest BCUT2D eigenvalue weighted by Crippen LogP contribution is -1.81. The lowest BCUT2D eigenvalue weighted by molar-refractivity contribution is 0.137. The first-order valence-corrected chi connectivity index (χ1v) is 5.14. The number of carboxylic acid groups (broad SMARTS) is 2. The van der Waals surface area contributed by atoms with Crippen molar-refractivity contribution in [1.82, 2.24) is 10.2 Å². The first-order chi connectivity index (χ1) is 8.02. The van der Waals surface area contributed by atoms with Gasteiger partial charge in [-0.3, -0.25) is 5.10 Å². The number of benzene rings is 1. The molecule has 0 amide bonds. The third-order valence-electron chi connectivity index (χ3n) is 1.71. The van der Waals surface area contributed by atoms with E-state index in [-0.39, 0.29) is 0 Å². The maximum atomic E-state index is 8.56. The molecule has 90 valence electrons. The van der Waals surface area contributed by atoms with Crippen LogP contribution in [0.2, 0.25) is 10.2 Å². The fourth-order valence-corrected chi connectivity index (χ4v) is 1.42. The quantitative estimate of drug-likeness (QED) is 0.742. The molecule has 2 aromatic rings. The van der Waals surface area contributed by atoms with Gasteiger partial charge in [-0.05, 0) is 0 Å². The lowest BCUT2D eigenvalue weighted by Gasteiger charge is -1.94. The Bertz CT molecular complexity index is 496. The Balaban J connectivity index is 0.000000317. The Labute approximate surface area is 107 Å². The minimum atomic E-state index is -1.83. The van der Waals surface area contributed by atoms with Crippen LogP contribution in [0.3, 0.4) is 0 Å². The summed E-state index contributed by atoms with van der Waals surface area (Å²) in [6.07, 6.45) is -1.83. The van der Waals surface area contributed by atoms with Crippen LogP contribution in [0.4, 0.5) is 4.79 Å². The molecular formula is C10H8Cl2N2O3. The number of aromatic amines is 1. The van der Waals surface area contributed by atoms with Crippen LogP contribution in [0.5, 0.6) is 0 Å². The Morgan fingerprint density at radius 3 is 2.12 bits per heavy atom. The van der Waals surface area contributed by atoms with Crippen LogP contribution in [-0.4, -0.2) is 26.6 Å². The molecule has 1 aromatic heterocycles. The third kappa shape index (κ3) is 3.97. The van der Waals surface area contributed by atoms with Crippen molar-refractivity contribution in [2.75, 3.05) is 0 Å². The van der Waals surface area contributed by atoms with Crippen LogP contribution >= 0.6 is 23.2 Å². The summed E-state index contributed by atoms with van der Waals surface area (Å²) in [7, 11) is 0. The van der Waals surface area contributed by atoms with Crippen molar-refractivity contribution < 1.29 is 15.0 Å². The largest absolute Gasteiger partial charge is 0.503 e. The van der Waals surface area contributed by atoms with Crippen LogP contribution in [0.1, 0.15) is 0 Å². The fourth-order valence-electron chi connectivity index (χ4n) is 1.09. The molecule has 0 fully saturated rings. The Kier molecular flexibility index (Phi) is 4.81. The molecule has 0 unspecified atom stereocenters. The number of H-pyrrole nitrogens is 1. The lowest BCUT2D eigenvalue weighted by atomic mass is 10.2. The van der Waals surface area contributed by atoms with Gasteiger partial charge in [0, 0.05) is 5.56 Å². The van der Waals surface area contributed by atoms with Gasteiger partial charge in [-0.25, -0.2) is 4.79 Å². The molecule has 0 saturated heterocycles. The van der Waals surface area contributed by atoms with Gasteiger partial charge in [0.1, 0.15) is 15.9 Å². The van der Waals surface area contributed by atoms with Gasteiger partial charge in [-0.1, -0.05) is 53.5 Å². The van der Waals surface area contributed by atoms with E-state index in [9.17, 15) is 0 Å². The molecule has 0 aliphatic carbocycles. The molecule has 17 heavy (non-hydrogen) atoms. The summed E-state index contributed by atoms with van der Waals surface area (Å²) in [5.41, 5.74) is 1.64. The predicted molar refractivity (Wildman–Crippen MR) is 64.7 cm³/mol. The SMILES string of the molecule is Clc1[nH]nc(-c2ccccc2)c1Cl.O=C(O)O. The van der Waals surface area contributed by atoms with Crippen molar-refractivity contribution in [3.8, 4) is 11.3 Å². The Morgan fingerprint density at radius 1 is 1.18 bits per heavy atom. The molecule has 0 aliphatic rings. The molecular weight excluding hydrogens is 267 g/mol. The van der Waals surface area contributed by atoms with Gasteiger partial charge in [0.15, 0.2) is 0 Å². The number of hydrogen-bond donors (Lipinski definition) is 3. The first-order valence-electron chi connectivity index (χ1n) is 4.39. The van der Waals surface area contributed by atoms with E-state index in [0.717, 1.165) is 5.56 Å². The van der Waals surface area contributed by atoms with E-state index in [2.05, 4.69) is 10.2 Å². The number of carbonyl (C=O) groups is 1. The van der Waals surface area contributed by atoms with Gasteiger partial charge in [0.05, 0.1) is 0 Å². The van der Waals surface area contributed by atoms with E-state index >= 15 is 0 Å². The van der Waals surface area contributed by atoms with Crippen LogP contribution in [0.25, 0.3) is 11.3 Å². The van der Waals surface area contributed by atoms with Crippen molar-refractivity contribution in [1.29, 1.82) is 0 Å². The first kappa shape index (κ1) is 13.3. The second-order valence-electron chi connectivity index (χ2n) is 2.85. The summed E-state index contributed by atoms with van der Waals surface area (Å²) in [4.78, 5) is 8.56. The van der Waals surface area contributed by atoms with Crippen molar-refractivity contribution >= 4 is 29.4 Å². The van der Waals surface area contributed by atoms with E-state index in [0.29, 0.717) is 15.9 Å². The van der Waals surface area contributed by atoms with Crippen LogP contribution < -0.4 is 0 Å². The number of rotatable bonds is 1. The van der Waals surface area contributed by atoms with E-state index < -0.39 is 6.16 Å². The molecule has 0 saturated carbocycles. The summed E-state index contributed by atoms with van der Waals surface area (Å²) < 4.78 is 0. The molecule has 3 N–H and O–H groups in total. The zero-order valence-electron chi connectivity index (χ0n) is 8.39. The number of halogens is 2. The Hall–Kier alpha value is -1.72. The molecule has 1 aromatic carbocycles. The molecule has 0 atom stereocenters. The van der Waals surface area contributed by atoms with E-state index in [1.807, 2.05) is 30.3 Å². The monoisotopic (exact) mass is 274 g/mol. The zero-order chi connectivity index (χ0) is 12.8. The molecule has 0 aliphatic heterocycles. The standard InChI is InChI=1S/C9H6Cl2N2.CH2O3/c10-7-8(12-13-9(7)11)6-4-2-1-3-5-6;2-1(3)4/h1-5H,(H,12,13);(H2,2,3,4). The molecule has 7 heteroatoms. The average molecular weight is 275 g/mol. The van der Waals surface area contributed by atoms with Gasteiger partial charge in [-0.15, -0.1) is 0 Å². The molecule has 0 radical (unpaired) electrons. The maximum Gasteiger partial charge on any atom is 0.503 e. The highest BCUT2D eigenvalue weighted by Crippen LogP contribution is 2.30. The summed E-state index contributed by atoms with van der Waals surface area (Å²) in [6, 6.07) is 9.64. The number of nitrogens with zero attached hydrogens (tertiary/aromatic N) is 1. The summed E-state index contributed by atoms with van der Waals surface area (Å²) in [6.45, 7) is 0. The van der Waals surface area contributed by atoms with Crippen LogP contribution in [-0.2, 0) is 0 Å². The van der Waals surface area contributed by atoms with E-state index in [1.54, 1.807) is 0 Å². The minimum Gasteiger partial charge on any atom is -0.450 e. The molecule has 2 rings (SSSR count). The molecule has 5 nitrogen and oxygen atoms in total. The predicted octanol–water partition coefficient (Wildman–Crippen LogP) is 3.61. The number of nitrogens with one attached hydrogen (secondary N) is 1. The molecule has 0 spiro atoms. The summed E-state index contributed by atoms with van der Waals surface area (Å²) in [5.74, 6) is 0. The number of hydrogen-bond acceptors (Lipinski definition) is 2. The van der Waals surface area contributed by atoms with Crippen LogP contribution in [0, 0.1) is 0 Å². The highest BCUT2D eigenvalue weighted by Gasteiger charge is 2.09. The normalized spacial score (nSPS) is 9.29. The zero-order valence-corrected chi connectivity index (χ0v) is 9.90. The Morgan fingerprint density at radius 2 is 1.71 bits per heavy atom. The van der Waals surface area contributed by atoms with Gasteiger partial charge in [-0.2, -0.15) is 5.10 Å². The molecule has 1 heterocycles. The van der Waals surface area contributed by atoms with Gasteiger partial charge in [0.2, 0.25) is 0 Å². The fraction of sp³-hybridized carbons (Fsp3) is 0. The van der Waals surface area contributed by atoms with Gasteiger partial charge < -0.3 is 10.2 Å². The number of aromatic nitrogens is 2. The van der Waals surface area contributed by atoms with Crippen molar-refractivity contribution in [2.45, 2.75) is 0 Å². The topological polar surface area (TPSA) is 86.2 Å². The minimum absolute atomic E-state index is 0.375. The summed E-state index contributed by atoms with van der Waals surface area (Å²) >= 11 is 11.6. The van der Waals surface area contributed by atoms with Crippen LogP contribution in [0.15, 0.2) is 30.3 Å². The average Bonchev–Trinajstić information content (AvgIpc) is 2.60. The summed E-state index contributed by atoms with van der Waals surface area (Å²) in [5, 5.41) is 21.4.